The van der Waals surface area contributed by atoms with Crippen molar-refractivity contribution in [1.82, 2.24) is 5.32 Å². The van der Waals surface area contributed by atoms with Gasteiger partial charge in [-0.05, 0) is 18.9 Å². The lowest BCUT2D eigenvalue weighted by Crippen LogP contribution is -2.40. The molecule has 0 aliphatic carbocycles. The molecular formula is C15H17NO3. The molecule has 19 heavy (non-hydrogen) atoms. The van der Waals surface area contributed by atoms with Crippen molar-refractivity contribution in [3.8, 4) is 12.3 Å². The molecule has 0 heterocycles. The highest BCUT2D eigenvalue weighted by Crippen LogP contribution is 2.06. The maximum absolute atomic E-state index is 11.6. The number of hydrogen-bond donors (Lipinski definition) is 2. The standard InChI is InChI=1S/C15H17NO3/c1-3-5-13(15(18)19)16-14(17)9-8-12-7-4-6-11(2)10-12/h1,4,6-7,10,13H,5,8-9H2,2H3,(H,16,17)(H,18,19). The Labute approximate surface area is 112 Å². The number of nitrogens with one attached hydrogen (secondary N) is 1. The topological polar surface area (TPSA) is 66.4 Å². The third-order valence-electron chi connectivity index (χ3n) is 2.68. The molecule has 0 fully saturated rings. The molecule has 1 rings (SSSR count). The van der Waals surface area contributed by atoms with Gasteiger partial charge in [-0.2, -0.15) is 0 Å². The highest BCUT2D eigenvalue weighted by molar-refractivity contribution is 5.83. The molecular weight excluding hydrogens is 242 g/mol. The summed E-state index contributed by atoms with van der Waals surface area (Å²) in [6, 6.07) is 6.85. The number of aryl methyl sites for hydroxylation is 2. The third-order valence-corrected chi connectivity index (χ3v) is 2.68. The van der Waals surface area contributed by atoms with Gasteiger partial charge in [0, 0.05) is 12.8 Å². The predicted octanol–water partition coefficient (Wildman–Crippen LogP) is 1.52. The molecule has 1 amide bonds. The fourth-order valence-corrected chi connectivity index (χ4v) is 1.71. The first kappa shape index (κ1) is 14.8. The van der Waals surface area contributed by atoms with Gasteiger partial charge in [-0.3, -0.25) is 4.79 Å². The second-order valence-corrected chi connectivity index (χ2v) is 4.36. The number of benzene rings is 1. The average Bonchev–Trinajstić information content (AvgIpc) is 2.36. The van der Waals surface area contributed by atoms with E-state index in [0.717, 1.165) is 11.1 Å². The number of aliphatic carboxylic acids is 1. The molecule has 4 heteroatoms. The highest BCUT2D eigenvalue weighted by atomic mass is 16.4. The van der Waals surface area contributed by atoms with Gasteiger partial charge in [0.05, 0.1) is 0 Å². The zero-order chi connectivity index (χ0) is 14.3. The van der Waals surface area contributed by atoms with Crippen LogP contribution in [0.5, 0.6) is 0 Å². The second-order valence-electron chi connectivity index (χ2n) is 4.36. The molecule has 2 N–H and O–H groups in total. The molecule has 0 saturated heterocycles. The fourth-order valence-electron chi connectivity index (χ4n) is 1.71. The predicted molar refractivity (Wildman–Crippen MR) is 72.5 cm³/mol. The quantitative estimate of drug-likeness (QED) is 0.761. The zero-order valence-electron chi connectivity index (χ0n) is 10.8. The summed E-state index contributed by atoms with van der Waals surface area (Å²) in [6.45, 7) is 1.98. The summed E-state index contributed by atoms with van der Waals surface area (Å²) < 4.78 is 0. The van der Waals surface area contributed by atoms with Crippen LogP contribution in [0.15, 0.2) is 24.3 Å². The lowest BCUT2D eigenvalue weighted by molar-refractivity contribution is -0.141. The number of carboxylic acids is 1. The van der Waals surface area contributed by atoms with E-state index >= 15 is 0 Å². The number of carboxylic acid groups (broad SMARTS) is 1. The summed E-state index contributed by atoms with van der Waals surface area (Å²) in [7, 11) is 0. The van der Waals surface area contributed by atoms with Crippen LogP contribution < -0.4 is 5.32 Å². The van der Waals surface area contributed by atoms with Crippen molar-refractivity contribution >= 4 is 11.9 Å². The molecule has 0 aromatic heterocycles. The molecule has 1 atom stereocenters. The lowest BCUT2D eigenvalue weighted by atomic mass is 10.1. The molecule has 0 spiro atoms. The number of amides is 1. The molecule has 1 aromatic rings. The van der Waals surface area contributed by atoms with E-state index in [9.17, 15) is 9.59 Å². The summed E-state index contributed by atoms with van der Waals surface area (Å²) in [5, 5.41) is 11.3. The Bertz CT molecular complexity index is 502. The van der Waals surface area contributed by atoms with Gasteiger partial charge < -0.3 is 10.4 Å². The van der Waals surface area contributed by atoms with Crippen molar-refractivity contribution in [3.63, 3.8) is 0 Å². The van der Waals surface area contributed by atoms with Gasteiger partial charge in [-0.1, -0.05) is 29.8 Å². The summed E-state index contributed by atoms with van der Waals surface area (Å²) in [5.41, 5.74) is 2.19. The average molecular weight is 259 g/mol. The van der Waals surface area contributed by atoms with Crippen molar-refractivity contribution in [1.29, 1.82) is 0 Å². The third kappa shape index (κ3) is 5.26. The fraction of sp³-hybridized carbons (Fsp3) is 0.333. The van der Waals surface area contributed by atoms with E-state index in [0.29, 0.717) is 6.42 Å². The molecule has 0 saturated carbocycles. The van der Waals surface area contributed by atoms with Crippen LogP contribution >= 0.6 is 0 Å². The normalized spacial score (nSPS) is 11.4. The molecule has 0 radical (unpaired) electrons. The second kappa shape index (κ2) is 7.22. The van der Waals surface area contributed by atoms with Crippen molar-refractivity contribution < 1.29 is 14.7 Å². The van der Waals surface area contributed by atoms with E-state index in [-0.39, 0.29) is 18.7 Å². The van der Waals surface area contributed by atoms with Gasteiger partial charge in [0.1, 0.15) is 6.04 Å². The van der Waals surface area contributed by atoms with Gasteiger partial charge in [0.2, 0.25) is 5.91 Å². The van der Waals surface area contributed by atoms with Crippen LogP contribution in [0.25, 0.3) is 0 Å². The monoisotopic (exact) mass is 259 g/mol. The Morgan fingerprint density at radius 3 is 2.79 bits per heavy atom. The number of hydrogen-bond acceptors (Lipinski definition) is 2. The van der Waals surface area contributed by atoms with Crippen molar-refractivity contribution in [3.05, 3.63) is 35.4 Å². The minimum Gasteiger partial charge on any atom is -0.480 e. The smallest absolute Gasteiger partial charge is 0.327 e. The van der Waals surface area contributed by atoms with Crippen molar-refractivity contribution in [2.24, 2.45) is 0 Å². The summed E-state index contributed by atoms with van der Waals surface area (Å²) >= 11 is 0. The number of terminal acetylenes is 1. The zero-order valence-corrected chi connectivity index (χ0v) is 10.8. The van der Waals surface area contributed by atoms with Crippen LogP contribution in [0.2, 0.25) is 0 Å². The summed E-state index contributed by atoms with van der Waals surface area (Å²) in [5.74, 6) is 0.829. The van der Waals surface area contributed by atoms with Crippen molar-refractivity contribution in [2.45, 2.75) is 32.2 Å². The maximum atomic E-state index is 11.6. The van der Waals surface area contributed by atoms with Crippen LogP contribution in [-0.4, -0.2) is 23.0 Å². The van der Waals surface area contributed by atoms with Crippen LogP contribution in [0.4, 0.5) is 0 Å². The van der Waals surface area contributed by atoms with Gasteiger partial charge >= 0.3 is 5.97 Å². The highest BCUT2D eigenvalue weighted by Gasteiger charge is 2.18. The number of rotatable bonds is 6. The lowest BCUT2D eigenvalue weighted by Gasteiger charge is -2.11. The molecule has 4 nitrogen and oxygen atoms in total. The van der Waals surface area contributed by atoms with E-state index in [4.69, 9.17) is 11.5 Å². The van der Waals surface area contributed by atoms with Crippen LogP contribution in [-0.2, 0) is 16.0 Å². The Morgan fingerprint density at radius 1 is 1.47 bits per heavy atom. The van der Waals surface area contributed by atoms with Crippen LogP contribution in [0, 0.1) is 19.3 Å². The first-order valence-corrected chi connectivity index (χ1v) is 6.04. The van der Waals surface area contributed by atoms with Crippen LogP contribution in [0.3, 0.4) is 0 Å². The molecule has 0 bridgehead atoms. The Balaban J connectivity index is 2.47. The SMILES string of the molecule is C#CCC(NC(=O)CCc1cccc(C)c1)C(=O)O. The van der Waals surface area contributed by atoms with E-state index < -0.39 is 12.0 Å². The van der Waals surface area contributed by atoms with E-state index in [1.54, 1.807) is 0 Å². The molecule has 1 unspecified atom stereocenters. The van der Waals surface area contributed by atoms with Gasteiger partial charge in [-0.25, -0.2) is 4.79 Å². The number of carbonyl (C=O) groups excluding carboxylic acids is 1. The van der Waals surface area contributed by atoms with E-state index in [1.807, 2.05) is 31.2 Å². The Hall–Kier alpha value is -2.28. The first-order chi connectivity index (χ1) is 9.02. The molecule has 0 aliphatic rings. The Kier molecular flexibility index (Phi) is 5.62. The molecule has 1 aromatic carbocycles. The van der Waals surface area contributed by atoms with E-state index in [1.165, 1.54) is 0 Å². The molecule has 0 aliphatic heterocycles. The van der Waals surface area contributed by atoms with Crippen molar-refractivity contribution in [2.75, 3.05) is 0 Å². The number of carbonyl (C=O) groups is 2. The van der Waals surface area contributed by atoms with Gasteiger partial charge in [0.15, 0.2) is 0 Å². The van der Waals surface area contributed by atoms with Gasteiger partial charge in [-0.15, -0.1) is 12.3 Å². The minimum absolute atomic E-state index is 0.00841. The molecule has 100 valence electrons. The Morgan fingerprint density at radius 2 is 2.21 bits per heavy atom. The van der Waals surface area contributed by atoms with Gasteiger partial charge in [0.25, 0.3) is 0 Å². The first-order valence-electron chi connectivity index (χ1n) is 6.04. The largest absolute Gasteiger partial charge is 0.480 e. The summed E-state index contributed by atoms with van der Waals surface area (Å²) in [4.78, 5) is 22.5. The summed E-state index contributed by atoms with van der Waals surface area (Å²) in [6.07, 6.45) is 5.88. The van der Waals surface area contributed by atoms with Crippen LogP contribution in [0.1, 0.15) is 24.0 Å². The minimum atomic E-state index is -1.11. The maximum Gasteiger partial charge on any atom is 0.327 e. The van der Waals surface area contributed by atoms with E-state index in [2.05, 4.69) is 11.2 Å².